The molecule has 30 heavy (non-hydrogen) atoms. The molecule has 0 heterocycles. The molecule has 2 aromatic rings. The van der Waals surface area contributed by atoms with Crippen molar-refractivity contribution < 1.29 is 24.0 Å². The van der Waals surface area contributed by atoms with E-state index in [-0.39, 0.29) is 17.2 Å². The zero-order chi connectivity index (χ0) is 22.4. The SMILES string of the molecule is CC(=O)Nc1ccc(NC(=O)[C@H](C)OC(=O)c2ccc(N(C)C)c([N+](=O)[O-])c2)cc1. The lowest BCUT2D eigenvalue weighted by atomic mass is 10.1. The highest BCUT2D eigenvalue weighted by molar-refractivity contribution is 5.98. The minimum atomic E-state index is -1.14. The van der Waals surface area contributed by atoms with Crippen molar-refractivity contribution in [3.8, 4) is 0 Å². The van der Waals surface area contributed by atoms with Crippen molar-refractivity contribution in [2.45, 2.75) is 20.0 Å². The Morgan fingerprint density at radius 2 is 1.60 bits per heavy atom. The first kappa shape index (κ1) is 22.3. The molecule has 0 aliphatic heterocycles. The Balaban J connectivity index is 2.04. The Kier molecular flexibility index (Phi) is 7.08. The number of rotatable bonds is 7. The van der Waals surface area contributed by atoms with Crippen LogP contribution in [0.3, 0.4) is 0 Å². The van der Waals surface area contributed by atoms with Crippen LogP contribution in [0.5, 0.6) is 0 Å². The molecule has 0 saturated carbocycles. The van der Waals surface area contributed by atoms with E-state index < -0.39 is 22.9 Å². The molecule has 10 heteroatoms. The average Bonchev–Trinajstić information content (AvgIpc) is 2.68. The number of nitro benzene ring substituents is 1. The third kappa shape index (κ3) is 5.77. The standard InChI is InChI=1S/C20H22N4O6/c1-12(19(26)22-16-8-6-15(7-9-16)21-13(2)25)30-20(27)14-5-10-17(23(3)4)18(11-14)24(28)29/h5-12H,1-4H3,(H,21,25)(H,22,26)/t12-/m0/s1. The van der Waals surface area contributed by atoms with Crippen LogP contribution in [0.1, 0.15) is 24.2 Å². The van der Waals surface area contributed by atoms with Gasteiger partial charge in [0.05, 0.1) is 10.5 Å². The monoisotopic (exact) mass is 414 g/mol. The number of hydrogen-bond donors (Lipinski definition) is 2. The molecule has 10 nitrogen and oxygen atoms in total. The van der Waals surface area contributed by atoms with Gasteiger partial charge >= 0.3 is 5.97 Å². The van der Waals surface area contributed by atoms with Gasteiger partial charge in [0.15, 0.2) is 6.10 Å². The number of carbonyl (C=O) groups excluding carboxylic acids is 3. The molecule has 2 aromatic carbocycles. The predicted octanol–water partition coefficient (Wildman–Crippen LogP) is 2.80. The van der Waals surface area contributed by atoms with Crippen LogP contribution in [0.4, 0.5) is 22.7 Å². The summed E-state index contributed by atoms with van der Waals surface area (Å²) >= 11 is 0. The molecule has 0 spiro atoms. The number of nitrogens with zero attached hydrogens (tertiary/aromatic N) is 2. The smallest absolute Gasteiger partial charge is 0.339 e. The Hall–Kier alpha value is -3.95. The number of nitro groups is 1. The second kappa shape index (κ2) is 9.50. The van der Waals surface area contributed by atoms with Gasteiger partial charge in [-0.3, -0.25) is 19.7 Å². The summed E-state index contributed by atoms with van der Waals surface area (Å²) in [6.07, 6.45) is -1.14. The van der Waals surface area contributed by atoms with Crippen molar-refractivity contribution in [2.24, 2.45) is 0 Å². The molecule has 0 aliphatic rings. The van der Waals surface area contributed by atoms with Crippen LogP contribution in [-0.2, 0) is 14.3 Å². The summed E-state index contributed by atoms with van der Waals surface area (Å²) in [6, 6.07) is 10.3. The van der Waals surface area contributed by atoms with Gasteiger partial charge in [-0.15, -0.1) is 0 Å². The summed E-state index contributed by atoms with van der Waals surface area (Å²) in [5, 5.41) is 16.4. The Morgan fingerprint density at radius 1 is 1.03 bits per heavy atom. The first-order valence-corrected chi connectivity index (χ1v) is 8.93. The van der Waals surface area contributed by atoms with Gasteiger partial charge in [0.2, 0.25) is 5.91 Å². The highest BCUT2D eigenvalue weighted by atomic mass is 16.6. The van der Waals surface area contributed by atoms with E-state index in [1.54, 1.807) is 43.3 Å². The van der Waals surface area contributed by atoms with E-state index in [0.29, 0.717) is 17.1 Å². The van der Waals surface area contributed by atoms with Gasteiger partial charge in [-0.25, -0.2) is 4.79 Å². The number of amides is 2. The van der Waals surface area contributed by atoms with Crippen molar-refractivity contribution in [3.05, 3.63) is 58.1 Å². The zero-order valence-electron chi connectivity index (χ0n) is 17.0. The fourth-order valence-corrected chi connectivity index (χ4v) is 2.54. The lowest BCUT2D eigenvalue weighted by Gasteiger charge is -2.15. The minimum Gasteiger partial charge on any atom is -0.449 e. The summed E-state index contributed by atoms with van der Waals surface area (Å²) in [4.78, 5) is 47.9. The first-order valence-electron chi connectivity index (χ1n) is 8.93. The van der Waals surface area contributed by atoms with Gasteiger partial charge in [0.1, 0.15) is 5.69 Å². The van der Waals surface area contributed by atoms with Crippen LogP contribution in [-0.4, -0.2) is 42.9 Å². The van der Waals surface area contributed by atoms with E-state index in [9.17, 15) is 24.5 Å². The average molecular weight is 414 g/mol. The van der Waals surface area contributed by atoms with Crippen LogP contribution in [0.25, 0.3) is 0 Å². The lowest BCUT2D eigenvalue weighted by Crippen LogP contribution is -2.30. The molecule has 0 radical (unpaired) electrons. The molecule has 158 valence electrons. The number of benzene rings is 2. The molecule has 0 bridgehead atoms. The van der Waals surface area contributed by atoms with Crippen LogP contribution in [0, 0.1) is 10.1 Å². The molecular formula is C20H22N4O6. The van der Waals surface area contributed by atoms with Gasteiger partial charge in [0.25, 0.3) is 11.6 Å². The molecule has 0 unspecified atom stereocenters. The highest BCUT2D eigenvalue weighted by Gasteiger charge is 2.23. The van der Waals surface area contributed by atoms with Crippen molar-refractivity contribution >= 4 is 40.5 Å². The van der Waals surface area contributed by atoms with E-state index in [1.165, 1.54) is 26.0 Å². The van der Waals surface area contributed by atoms with E-state index in [0.717, 1.165) is 6.07 Å². The largest absolute Gasteiger partial charge is 0.449 e. The van der Waals surface area contributed by atoms with Gasteiger partial charge in [0, 0.05) is 38.5 Å². The Morgan fingerprint density at radius 3 is 2.10 bits per heavy atom. The Bertz CT molecular complexity index is 972. The molecule has 0 saturated heterocycles. The van der Waals surface area contributed by atoms with Crippen molar-refractivity contribution in [1.29, 1.82) is 0 Å². The maximum absolute atomic E-state index is 12.3. The second-order valence-electron chi connectivity index (χ2n) is 6.65. The van der Waals surface area contributed by atoms with E-state index in [2.05, 4.69) is 10.6 Å². The summed E-state index contributed by atoms with van der Waals surface area (Å²) in [6.45, 7) is 2.77. The Labute approximate surface area is 173 Å². The van der Waals surface area contributed by atoms with Gasteiger partial charge in [-0.2, -0.15) is 0 Å². The number of hydrogen-bond acceptors (Lipinski definition) is 7. The molecular weight excluding hydrogens is 392 g/mol. The molecule has 2 N–H and O–H groups in total. The van der Waals surface area contributed by atoms with Gasteiger partial charge < -0.3 is 20.3 Å². The highest BCUT2D eigenvalue weighted by Crippen LogP contribution is 2.28. The van der Waals surface area contributed by atoms with E-state index in [4.69, 9.17) is 4.74 Å². The summed E-state index contributed by atoms with van der Waals surface area (Å²) < 4.78 is 5.14. The number of carbonyl (C=O) groups is 3. The van der Waals surface area contributed by atoms with E-state index in [1.807, 2.05) is 0 Å². The maximum Gasteiger partial charge on any atom is 0.339 e. The quantitative estimate of drug-likeness (QED) is 0.405. The topological polar surface area (TPSA) is 131 Å². The van der Waals surface area contributed by atoms with Crippen LogP contribution >= 0.6 is 0 Å². The number of ether oxygens (including phenoxy) is 1. The van der Waals surface area contributed by atoms with Crippen molar-refractivity contribution in [2.75, 3.05) is 29.6 Å². The third-order valence-corrected chi connectivity index (χ3v) is 4.02. The zero-order valence-corrected chi connectivity index (χ0v) is 17.0. The predicted molar refractivity (Wildman–Crippen MR) is 112 cm³/mol. The summed E-state index contributed by atoms with van der Waals surface area (Å²) in [5.74, 6) is -1.65. The maximum atomic E-state index is 12.3. The van der Waals surface area contributed by atoms with Crippen LogP contribution in [0.15, 0.2) is 42.5 Å². The minimum absolute atomic E-state index is 0.0355. The number of esters is 1. The van der Waals surface area contributed by atoms with Crippen LogP contribution in [0.2, 0.25) is 0 Å². The van der Waals surface area contributed by atoms with Crippen molar-refractivity contribution in [1.82, 2.24) is 0 Å². The molecule has 0 aromatic heterocycles. The lowest BCUT2D eigenvalue weighted by molar-refractivity contribution is -0.384. The fraction of sp³-hybridized carbons (Fsp3) is 0.250. The van der Waals surface area contributed by atoms with Crippen molar-refractivity contribution in [3.63, 3.8) is 0 Å². The van der Waals surface area contributed by atoms with Crippen LogP contribution < -0.4 is 15.5 Å². The van der Waals surface area contributed by atoms with E-state index >= 15 is 0 Å². The fourth-order valence-electron chi connectivity index (χ4n) is 2.54. The molecule has 0 aliphatic carbocycles. The van der Waals surface area contributed by atoms with Gasteiger partial charge in [-0.05, 0) is 43.3 Å². The molecule has 2 amide bonds. The molecule has 1 atom stereocenters. The molecule has 0 fully saturated rings. The normalized spacial score (nSPS) is 11.2. The summed E-state index contributed by atoms with van der Waals surface area (Å²) in [5.41, 5.74) is 1.08. The first-order chi connectivity index (χ1) is 14.1. The second-order valence-corrected chi connectivity index (χ2v) is 6.65. The third-order valence-electron chi connectivity index (χ3n) is 4.02. The number of anilines is 3. The molecule has 2 rings (SSSR count). The van der Waals surface area contributed by atoms with Gasteiger partial charge in [-0.1, -0.05) is 0 Å². The number of nitrogens with one attached hydrogen (secondary N) is 2. The summed E-state index contributed by atoms with van der Waals surface area (Å²) in [7, 11) is 3.30.